The van der Waals surface area contributed by atoms with Crippen molar-refractivity contribution in [3.05, 3.63) is 72.9 Å². The standard InChI is InChI=1S/C58H100O6/c1-4-7-10-13-16-19-22-25-27-28-29-30-31-34-36-39-42-45-48-51-57(60)63-54-55(53-62-56(59)50-47-44-41-38-35-32-24-21-18-15-12-9-6-3)64-58(61)52-49-46-43-40-37-33-26-23-20-17-14-11-8-5-2/h9,12,14,17-18,21,23,26,32,35,41,44,55H,4-8,10-11,13,15-16,19-20,22,24-25,27-31,33-34,36-40,42-43,45-54H2,1-3H3/b12-9-,17-14-,21-18-,26-23-,35-32-,44-41-. The van der Waals surface area contributed by atoms with E-state index in [4.69, 9.17) is 14.2 Å². The van der Waals surface area contributed by atoms with E-state index in [1.54, 1.807) is 0 Å². The summed E-state index contributed by atoms with van der Waals surface area (Å²) in [6.45, 7) is 6.42. The van der Waals surface area contributed by atoms with Crippen LogP contribution in [0.3, 0.4) is 0 Å². The van der Waals surface area contributed by atoms with E-state index in [1.165, 1.54) is 122 Å². The van der Waals surface area contributed by atoms with E-state index < -0.39 is 6.10 Å². The Morgan fingerprint density at radius 1 is 0.328 bits per heavy atom. The van der Waals surface area contributed by atoms with Gasteiger partial charge in [-0.15, -0.1) is 0 Å². The molecule has 0 saturated heterocycles. The van der Waals surface area contributed by atoms with Crippen molar-refractivity contribution >= 4 is 17.9 Å². The van der Waals surface area contributed by atoms with Crippen LogP contribution in [0, 0.1) is 0 Å². The molecule has 0 aliphatic rings. The molecule has 0 saturated carbocycles. The van der Waals surface area contributed by atoms with Crippen LogP contribution < -0.4 is 0 Å². The molecule has 64 heavy (non-hydrogen) atoms. The van der Waals surface area contributed by atoms with Gasteiger partial charge < -0.3 is 14.2 Å². The minimum absolute atomic E-state index is 0.101. The first-order valence-electron chi connectivity index (χ1n) is 26.9. The molecule has 1 unspecified atom stereocenters. The molecule has 0 aromatic carbocycles. The van der Waals surface area contributed by atoms with Gasteiger partial charge in [0.25, 0.3) is 0 Å². The second-order valence-electron chi connectivity index (χ2n) is 17.8. The zero-order chi connectivity index (χ0) is 46.5. The Labute approximate surface area is 395 Å². The predicted molar refractivity (Wildman–Crippen MR) is 274 cm³/mol. The molecular weight excluding hydrogens is 793 g/mol. The van der Waals surface area contributed by atoms with E-state index in [0.717, 1.165) is 89.9 Å². The molecule has 0 spiro atoms. The maximum absolute atomic E-state index is 12.8. The molecule has 0 aliphatic carbocycles. The Morgan fingerprint density at radius 3 is 1.09 bits per heavy atom. The summed E-state index contributed by atoms with van der Waals surface area (Å²) in [6.07, 6.45) is 66.2. The number of carbonyl (C=O) groups is 3. The normalized spacial score (nSPS) is 12.6. The topological polar surface area (TPSA) is 78.9 Å². The van der Waals surface area contributed by atoms with Gasteiger partial charge in [0, 0.05) is 19.3 Å². The van der Waals surface area contributed by atoms with Gasteiger partial charge in [-0.1, -0.05) is 241 Å². The Hall–Kier alpha value is -3.15. The average molecular weight is 893 g/mol. The number of hydrogen-bond donors (Lipinski definition) is 0. The van der Waals surface area contributed by atoms with Crippen molar-refractivity contribution in [3.63, 3.8) is 0 Å². The van der Waals surface area contributed by atoms with Crippen molar-refractivity contribution in [2.45, 2.75) is 264 Å². The second-order valence-corrected chi connectivity index (χ2v) is 17.8. The van der Waals surface area contributed by atoms with Gasteiger partial charge in [0.05, 0.1) is 0 Å². The van der Waals surface area contributed by atoms with Crippen molar-refractivity contribution in [2.24, 2.45) is 0 Å². The highest BCUT2D eigenvalue weighted by Gasteiger charge is 2.19. The fourth-order valence-corrected chi connectivity index (χ4v) is 7.41. The summed E-state index contributed by atoms with van der Waals surface area (Å²) < 4.78 is 16.7. The van der Waals surface area contributed by atoms with Crippen LogP contribution in [0.1, 0.15) is 258 Å². The molecule has 6 nitrogen and oxygen atoms in total. The highest BCUT2D eigenvalue weighted by atomic mass is 16.6. The van der Waals surface area contributed by atoms with Gasteiger partial charge in [0.2, 0.25) is 0 Å². The molecular formula is C58H100O6. The Kier molecular flexibility index (Phi) is 49.9. The SMILES string of the molecule is CC/C=C\C/C=C\C/C=C\C/C=C\CCC(=O)OCC(COC(=O)CCCCCCCCCCCCCCCCCCCCC)OC(=O)CCCCCCC/C=C\C/C=C\CCCC. The van der Waals surface area contributed by atoms with Crippen molar-refractivity contribution in [2.75, 3.05) is 13.2 Å². The minimum atomic E-state index is -0.809. The molecule has 0 amide bonds. The highest BCUT2D eigenvalue weighted by molar-refractivity contribution is 5.71. The largest absolute Gasteiger partial charge is 0.462 e. The maximum Gasteiger partial charge on any atom is 0.306 e. The summed E-state index contributed by atoms with van der Waals surface area (Å²) in [7, 11) is 0. The molecule has 0 aromatic rings. The molecule has 0 N–H and O–H groups in total. The number of carbonyl (C=O) groups excluding carboxylic acids is 3. The van der Waals surface area contributed by atoms with Crippen LogP contribution >= 0.6 is 0 Å². The molecule has 0 rings (SSSR count). The number of unbranched alkanes of at least 4 members (excludes halogenated alkanes) is 25. The average Bonchev–Trinajstić information content (AvgIpc) is 3.29. The molecule has 0 fully saturated rings. The first kappa shape index (κ1) is 60.9. The number of rotatable bonds is 48. The molecule has 368 valence electrons. The Bertz CT molecular complexity index is 1210. The molecule has 0 aliphatic heterocycles. The van der Waals surface area contributed by atoms with E-state index >= 15 is 0 Å². The quantitative estimate of drug-likeness (QED) is 0.0262. The summed E-state index contributed by atoms with van der Waals surface area (Å²) in [4.78, 5) is 38.0. The van der Waals surface area contributed by atoms with Crippen LogP contribution in [-0.2, 0) is 28.6 Å². The van der Waals surface area contributed by atoms with Gasteiger partial charge in [-0.2, -0.15) is 0 Å². The minimum Gasteiger partial charge on any atom is -0.462 e. The van der Waals surface area contributed by atoms with Gasteiger partial charge >= 0.3 is 17.9 Å². The first-order valence-corrected chi connectivity index (χ1v) is 26.9. The van der Waals surface area contributed by atoms with Crippen LogP contribution in [0.5, 0.6) is 0 Å². The fraction of sp³-hybridized carbons (Fsp3) is 0.741. The summed E-state index contributed by atoms with van der Waals surface area (Å²) in [6, 6.07) is 0. The maximum atomic E-state index is 12.8. The first-order chi connectivity index (χ1) is 31.5. The van der Waals surface area contributed by atoms with Gasteiger partial charge in [-0.25, -0.2) is 0 Å². The van der Waals surface area contributed by atoms with E-state index in [2.05, 4.69) is 87.6 Å². The lowest BCUT2D eigenvalue weighted by Gasteiger charge is -2.18. The van der Waals surface area contributed by atoms with Crippen LogP contribution in [0.4, 0.5) is 0 Å². The van der Waals surface area contributed by atoms with Crippen molar-refractivity contribution in [1.82, 2.24) is 0 Å². The number of ether oxygens (including phenoxy) is 3. The van der Waals surface area contributed by atoms with Gasteiger partial charge in [-0.3, -0.25) is 14.4 Å². The van der Waals surface area contributed by atoms with Crippen LogP contribution in [0.15, 0.2) is 72.9 Å². The second kappa shape index (κ2) is 52.5. The van der Waals surface area contributed by atoms with Crippen molar-refractivity contribution < 1.29 is 28.6 Å². The zero-order valence-electron chi connectivity index (χ0n) is 42.0. The smallest absolute Gasteiger partial charge is 0.306 e. The van der Waals surface area contributed by atoms with E-state index in [9.17, 15) is 14.4 Å². The molecule has 1 atom stereocenters. The summed E-state index contributed by atoms with van der Waals surface area (Å²) >= 11 is 0. The number of esters is 3. The van der Waals surface area contributed by atoms with E-state index in [0.29, 0.717) is 19.3 Å². The lowest BCUT2D eigenvalue weighted by Crippen LogP contribution is -2.30. The third-order valence-electron chi connectivity index (χ3n) is 11.5. The summed E-state index contributed by atoms with van der Waals surface area (Å²) in [5, 5.41) is 0. The monoisotopic (exact) mass is 893 g/mol. The predicted octanol–water partition coefficient (Wildman–Crippen LogP) is 17.8. The summed E-state index contributed by atoms with van der Waals surface area (Å²) in [5.41, 5.74) is 0. The Balaban J connectivity index is 4.41. The van der Waals surface area contributed by atoms with Crippen LogP contribution in [-0.4, -0.2) is 37.2 Å². The molecule has 6 heteroatoms. The number of hydrogen-bond acceptors (Lipinski definition) is 6. The summed E-state index contributed by atoms with van der Waals surface area (Å²) in [5.74, 6) is -0.996. The number of allylic oxidation sites excluding steroid dienone is 12. The third-order valence-corrected chi connectivity index (χ3v) is 11.5. The molecule has 0 heterocycles. The van der Waals surface area contributed by atoms with Crippen molar-refractivity contribution in [3.8, 4) is 0 Å². The molecule has 0 aromatic heterocycles. The van der Waals surface area contributed by atoms with Gasteiger partial charge in [-0.05, 0) is 70.6 Å². The van der Waals surface area contributed by atoms with Crippen LogP contribution in [0.25, 0.3) is 0 Å². The molecule has 0 radical (unpaired) electrons. The zero-order valence-corrected chi connectivity index (χ0v) is 42.0. The third kappa shape index (κ3) is 49.9. The van der Waals surface area contributed by atoms with Crippen LogP contribution in [0.2, 0.25) is 0 Å². The lowest BCUT2D eigenvalue weighted by molar-refractivity contribution is -0.166. The molecule has 0 bridgehead atoms. The van der Waals surface area contributed by atoms with Crippen molar-refractivity contribution in [1.29, 1.82) is 0 Å². The van der Waals surface area contributed by atoms with Gasteiger partial charge in [0.1, 0.15) is 13.2 Å². The van der Waals surface area contributed by atoms with E-state index in [-0.39, 0.29) is 37.5 Å². The Morgan fingerprint density at radius 2 is 0.656 bits per heavy atom. The van der Waals surface area contributed by atoms with E-state index in [1.807, 2.05) is 6.08 Å². The fourth-order valence-electron chi connectivity index (χ4n) is 7.41. The lowest BCUT2D eigenvalue weighted by atomic mass is 10.0. The van der Waals surface area contributed by atoms with Gasteiger partial charge in [0.15, 0.2) is 6.10 Å². The highest BCUT2D eigenvalue weighted by Crippen LogP contribution is 2.16.